The highest BCUT2D eigenvalue weighted by atomic mass is 32.2. The van der Waals surface area contributed by atoms with Gasteiger partial charge in [0.1, 0.15) is 6.07 Å². The fraction of sp³-hybridized carbons (Fsp3) is 0.263. The van der Waals surface area contributed by atoms with Crippen LogP contribution in [0, 0.1) is 25.2 Å². The number of pyridine rings is 1. The number of amides is 1. The number of aromatic amines is 1. The molecule has 8 heteroatoms. The lowest BCUT2D eigenvalue weighted by molar-refractivity contribution is -0.150. The Labute approximate surface area is 160 Å². The van der Waals surface area contributed by atoms with Gasteiger partial charge in [0.2, 0.25) is 5.56 Å². The van der Waals surface area contributed by atoms with Gasteiger partial charge >= 0.3 is 5.97 Å². The molecule has 0 spiro atoms. The van der Waals surface area contributed by atoms with Crippen molar-refractivity contribution in [3.8, 4) is 6.07 Å². The van der Waals surface area contributed by atoms with Crippen molar-refractivity contribution in [1.82, 2.24) is 4.98 Å². The minimum Gasteiger partial charge on any atom is -0.452 e. The smallest absolute Gasteiger partial charge is 0.317 e. The number of nitriles is 1. The number of hydrogen-bond donors (Lipinski definition) is 2. The Bertz CT molecular complexity index is 945. The number of nitrogens with one attached hydrogen (secondary N) is 2. The summed E-state index contributed by atoms with van der Waals surface area (Å²) in [6, 6.07) is 10.6. The summed E-state index contributed by atoms with van der Waals surface area (Å²) < 4.78 is 5.12. The Hall–Kier alpha value is -3.05. The molecule has 0 aliphatic rings. The zero-order valence-electron chi connectivity index (χ0n) is 15.2. The molecule has 0 unspecified atom stereocenters. The number of ether oxygens (including phenoxy) is 1. The number of aromatic nitrogens is 1. The molecule has 0 aliphatic carbocycles. The fourth-order valence-electron chi connectivity index (χ4n) is 2.20. The lowest BCUT2D eigenvalue weighted by Crippen LogP contribution is -2.30. The molecule has 0 bridgehead atoms. The van der Waals surface area contributed by atoms with Gasteiger partial charge < -0.3 is 15.0 Å². The van der Waals surface area contributed by atoms with Gasteiger partial charge in [-0.2, -0.15) is 5.26 Å². The van der Waals surface area contributed by atoms with Crippen LogP contribution in [0.25, 0.3) is 0 Å². The largest absolute Gasteiger partial charge is 0.452 e. The van der Waals surface area contributed by atoms with Gasteiger partial charge in [-0.3, -0.25) is 14.4 Å². The third-order valence-electron chi connectivity index (χ3n) is 3.65. The molecule has 1 aromatic carbocycles. The Balaban J connectivity index is 1.92. The number of H-pyrrole nitrogens is 1. The maximum Gasteiger partial charge on any atom is 0.317 e. The monoisotopic (exact) mass is 385 g/mol. The van der Waals surface area contributed by atoms with Crippen molar-refractivity contribution in [2.75, 3.05) is 11.1 Å². The quantitative estimate of drug-likeness (QED) is 0.584. The summed E-state index contributed by atoms with van der Waals surface area (Å²) in [5, 5.41) is 12.1. The van der Waals surface area contributed by atoms with Gasteiger partial charge in [-0.25, -0.2) is 0 Å². The predicted molar refractivity (Wildman–Crippen MR) is 103 cm³/mol. The lowest BCUT2D eigenvalue weighted by atomic mass is 10.2. The van der Waals surface area contributed by atoms with Crippen molar-refractivity contribution in [1.29, 1.82) is 5.26 Å². The fourth-order valence-corrected chi connectivity index (χ4v) is 3.06. The van der Waals surface area contributed by atoms with E-state index in [1.54, 1.807) is 19.1 Å². The maximum atomic E-state index is 12.1. The molecular formula is C19H19N3O4S. The van der Waals surface area contributed by atoms with E-state index < -0.39 is 18.0 Å². The minimum absolute atomic E-state index is 0.143. The van der Waals surface area contributed by atoms with Gasteiger partial charge in [-0.05, 0) is 38.5 Å². The normalized spacial score (nSPS) is 11.3. The van der Waals surface area contributed by atoms with Crippen LogP contribution in [0.2, 0.25) is 0 Å². The second-order valence-electron chi connectivity index (χ2n) is 5.91. The van der Waals surface area contributed by atoms with E-state index in [9.17, 15) is 19.6 Å². The van der Waals surface area contributed by atoms with E-state index in [1.165, 1.54) is 13.0 Å². The summed E-state index contributed by atoms with van der Waals surface area (Å²) in [5.41, 5.74) is 2.16. The Morgan fingerprint density at radius 2 is 1.96 bits per heavy atom. The number of rotatable bonds is 6. The second kappa shape index (κ2) is 9.05. The molecular weight excluding hydrogens is 366 g/mol. The molecule has 1 aromatic heterocycles. The van der Waals surface area contributed by atoms with Crippen molar-refractivity contribution in [3.63, 3.8) is 0 Å². The van der Waals surface area contributed by atoms with E-state index in [0.717, 1.165) is 17.3 Å². The molecule has 2 rings (SSSR count). The number of esters is 1. The molecule has 0 radical (unpaired) electrons. The molecule has 140 valence electrons. The van der Waals surface area contributed by atoms with Gasteiger partial charge in [-0.15, -0.1) is 0 Å². The molecule has 1 heterocycles. The van der Waals surface area contributed by atoms with E-state index in [0.29, 0.717) is 21.8 Å². The van der Waals surface area contributed by atoms with Crippen molar-refractivity contribution < 1.29 is 14.3 Å². The van der Waals surface area contributed by atoms with E-state index in [1.807, 2.05) is 25.1 Å². The molecule has 0 saturated carbocycles. The maximum absolute atomic E-state index is 12.1. The molecule has 1 amide bonds. The molecule has 0 aliphatic heterocycles. The van der Waals surface area contributed by atoms with Crippen LogP contribution in [0.4, 0.5) is 5.69 Å². The SMILES string of the molecule is Cc1ccc(NC(=O)[C@@H](C)OC(=O)CSc2[nH]c(=O)cc(C)c2C#N)cc1. The summed E-state index contributed by atoms with van der Waals surface area (Å²) in [4.78, 5) is 38.2. The van der Waals surface area contributed by atoms with Crippen molar-refractivity contribution in [2.45, 2.75) is 31.9 Å². The first-order valence-corrected chi connectivity index (χ1v) is 9.12. The van der Waals surface area contributed by atoms with Gasteiger partial charge in [0.25, 0.3) is 5.91 Å². The lowest BCUT2D eigenvalue weighted by Gasteiger charge is -2.14. The Kier molecular flexibility index (Phi) is 6.79. The van der Waals surface area contributed by atoms with Gasteiger partial charge in [-0.1, -0.05) is 29.5 Å². The molecule has 7 nitrogen and oxygen atoms in total. The summed E-state index contributed by atoms with van der Waals surface area (Å²) >= 11 is 0.983. The third-order valence-corrected chi connectivity index (χ3v) is 4.62. The highest BCUT2D eigenvalue weighted by Crippen LogP contribution is 2.21. The molecule has 1 atom stereocenters. The third kappa shape index (κ3) is 5.72. The zero-order chi connectivity index (χ0) is 20.0. The predicted octanol–water partition coefficient (Wildman–Crippen LogP) is 2.53. The van der Waals surface area contributed by atoms with E-state index in [-0.39, 0.29) is 11.3 Å². The van der Waals surface area contributed by atoms with Crippen LogP contribution >= 0.6 is 11.8 Å². The first-order chi connectivity index (χ1) is 12.8. The average Bonchev–Trinajstić information content (AvgIpc) is 2.61. The summed E-state index contributed by atoms with van der Waals surface area (Å²) in [5.74, 6) is -1.22. The van der Waals surface area contributed by atoms with Crippen LogP contribution in [0.1, 0.15) is 23.6 Å². The van der Waals surface area contributed by atoms with Crippen LogP contribution in [-0.2, 0) is 14.3 Å². The number of hydrogen-bond acceptors (Lipinski definition) is 6. The first kappa shape index (κ1) is 20.3. The van der Waals surface area contributed by atoms with E-state index >= 15 is 0 Å². The summed E-state index contributed by atoms with van der Waals surface area (Å²) in [7, 11) is 0. The number of benzene rings is 1. The van der Waals surface area contributed by atoms with Crippen LogP contribution < -0.4 is 10.9 Å². The highest BCUT2D eigenvalue weighted by molar-refractivity contribution is 7.99. The molecule has 0 fully saturated rings. The van der Waals surface area contributed by atoms with Crippen molar-refractivity contribution in [3.05, 3.63) is 57.4 Å². The highest BCUT2D eigenvalue weighted by Gasteiger charge is 2.19. The first-order valence-electron chi connectivity index (χ1n) is 8.14. The van der Waals surface area contributed by atoms with Gasteiger partial charge in [0, 0.05) is 11.8 Å². The molecule has 27 heavy (non-hydrogen) atoms. The van der Waals surface area contributed by atoms with Crippen LogP contribution in [-0.4, -0.2) is 28.7 Å². The Morgan fingerprint density at radius 1 is 1.30 bits per heavy atom. The standard InChI is InChI=1S/C19H19N3O4S/c1-11-4-6-14(7-5-11)21-18(25)13(3)26-17(24)10-27-19-15(9-20)12(2)8-16(23)22-19/h4-8,13H,10H2,1-3H3,(H,21,25)(H,22,23)/t13-/m1/s1. The minimum atomic E-state index is -0.980. The van der Waals surface area contributed by atoms with Gasteiger partial charge in [0.15, 0.2) is 6.10 Å². The topological polar surface area (TPSA) is 112 Å². The van der Waals surface area contributed by atoms with Gasteiger partial charge in [0.05, 0.1) is 16.3 Å². The molecule has 0 saturated heterocycles. The van der Waals surface area contributed by atoms with Crippen LogP contribution in [0.15, 0.2) is 40.2 Å². The molecule has 2 aromatic rings. The van der Waals surface area contributed by atoms with E-state index in [4.69, 9.17) is 4.74 Å². The van der Waals surface area contributed by atoms with Crippen LogP contribution in [0.3, 0.4) is 0 Å². The molecule has 2 N–H and O–H groups in total. The number of carbonyl (C=O) groups is 2. The second-order valence-corrected chi connectivity index (χ2v) is 6.89. The van der Waals surface area contributed by atoms with Crippen molar-refractivity contribution >= 4 is 29.3 Å². The number of anilines is 1. The zero-order valence-corrected chi connectivity index (χ0v) is 16.0. The van der Waals surface area contributed by atoms with E-state index in [2.05, 4.69) is 10.3 Å². The number of carbonyl (C=O) groups excluding carboxylic acids is 2. The van der Waals surface area contributed by atoms with Crippen molar-refractivity contribution in [2.24, 2.45) is 0 Å². The summed E-state index contributed by atoms with van der Waals surface area (Å²) in [6.07, 6.45) is -0.980. The number of thioether (sulfide) groups is 1. The number of nitrogens with zero attached hydrogens (tertiary/aromatic N) is 1. The summed E-state index contributed by atoms with van der Waals surface area (Å²) in [6.45, 7) is 5.06. The average molecular weight is 385 g/mol. The van der Waals surface area contributed by atoms with Crippen LogP contribution in [0.5, 0.6) is 0 Å². The Morgan fingerprint density at radius 3 is 2.59 bits per heavy atom. The number of aryl methyl sites for hydroxylation is 2.